The number of nitrogens with one attached hydrogen (secondary N) is 1. The summed E-state index contributed by atoms with van der Waals surface area (Å²) in [6.45, 7) is 11.6. The first-order chi connectivity index (χ1) is 9.90. The van der Waals surface area contributed by atoms with Gasteiger partial charge in [-0.25, -0.2) is 0 Å². The SMILES string of the molecule is CCNC(=NCCCCN1CCOCC1)N1CCCC1.I. The summed E-state index contributed by atoms with van der Waals surface area (Å²) in [5.41, 5.74) is 0. The molecule has 0 radical (unpaired) electrons. The van der Waals surface area contributed by atoms with E-state index in [0.29, 0.717) is 0 Å². The molecule has 2 heterocycles. The van der Waals surface area contributed by atoms with Gasteiger partial charge in [-0.15, -0.1) is 24.0 Å². The Balaban J connectivity index is 0.00000220. The maximum atomic E-state index is 5.37. The number of halogens is 1. The lowest BCUT2D eigenvalue weighted by Gasteiger charge is -2.26. The summed E-state index contributed by atoms with van der Waals surface area (Å²) in [6, 6.07) is 0. The Hall–Kier alpha value is -0.0800. The van der Waals surface area contributed by atoms with E-state index in [1.54, 1.807) is 0 Å². The van der Waals surface area contributed by atoms with Crippen LogP contribution in [-0.2, 0) is 4.74 Å². The molecule has 5 nitrogen and oxygen atoms in total. The molecule has 2 rings (SSSR count). The number of likely N-dealkylation sites (tertiary alicyclic amines) is 1. The molecular formula is C15H31IN4O. The Bertz CT molecular complexity index is 289. The van der Waals surface area contributed by atoms with E-state index >= 15 is 0 Å². The molecule has 124 valence electrons. The fraction of sp³-hybridized carbons (Fsp3) is 0.933. The van der Waals surface area contributed by atoms with E-state index in [9.17, 15) is 0 Å². The van der Waals surface area contributed by atoms with Gasteiger partial charge < -0.3 is 15.0 Å². The van der Waals surface area contributed by atoms with Gasteiger partial charge in [0.1, 0.15) is 0 Å². The molecule has 2 aliphatic heterocycles. The molecule has 2 fully saturated rings. The van der Waals surface area contributed by atoms with E-state index in [0.717, 1.165) is 45.4 Å². The Morgan fingerprint density at radius 1 is 1.10 bits per heavy atom. The number of ether oxygens (including phenoxy) is 1. The summed E-state index contributed by atoms with van der Waals surface area (Å²) in [5.74, 6) is 1.12. The summed E-state index contributed by atoms with van der Waals surface area (Å²) in [4.78, 5) is 9.66. The van der Waals surface area contributed by atoms with E-state index in [1.165, 1.54) is 45.3 Å². The minimum atomic E-state index is 0. The number of hydrogen-bond acceptors (Lipinski definition) is 3. The van der Waals surface area contributed by atoms with E-state index in [1.807, 2.05) is 0 Å². The molecule has 0 atom stereocenters. The zero-order chi connectivity index (χ0) is 14.0. The Morgan fingerprint density at radius 3 is 2.48 bits per heavy atom. The average molecular weight is 410 g/mol. The predicted octanol–water partition coefficient (Wildman–Crippen LogP) is 1.78. The van der Waals surface area contributed by atoms with Gasteiger partial charge in [-0.3, -0.25) is 9.89 Å². The number of aliphatic imine (C=N–C) groups is 1. The van der Waals surface area contributed by atoms with Crippen LogP contribution in [0.25, 0.3) is 0 Å². The quantitative estimate of drug-likeness (QED) is 0.314. The van der Waals surface area contributed by atoms with E-state index in [-0.39, 0.29) is 24.0 Å². The third kappa shape index (κ3) is 7.15. The summed E-state index contributed by atoms with van der Waals surface area (Å²) < 4.78 is 5.37. The molecule has 0 amide bonds. The molecule has 0 spiro atoms. The first kappa shape index (κ1) is 19.0. The molecule has 0 aliphatic carbocycles. The van der Waals surface area contributed by atoms with E-state index in [4.69, 9.17) is 9.73 Å². The van der Waals surface area contributed by atoms with Gasteiger partial charge in [0, 0.05) is 39.3 Å². The van der Waals surface area contributed by atoms with Crippen molar-refractivity contribution in [2.75, 3.05) is 59.0 Å². The van der Waals surface area contributed by atoms with Crippen molar-refractivity contribution in [3.63, 3.8) is 0 Å². The Labute approximate surface area is 146 Å². The average Bonchev–Trinajstić information content (AvgIpc) is 3.01. The second-order valence-corrected chi connectivity index (χ2v) is 5.59. The summed E-state index contributed by atoms with van der Waals surface area (Å²) in [7, 11) is 0. The first-order valence-corrected chi connectivity index (χ1v) is 8.23. The highest BCUT2D eigenvalue weighted by Crippen LogP contribution is 2.07. The smallest absolute Gasteiger partial charge is 0.193 e. The lowest BCUT2D eigenvalue weighted by atomic mass is 10.3. The Morgan fingerprint density at radius 2 is 1.81 bits per heavy atom. The minimum absolute atomic E-state index is 0. The highest BCUT2D eigenvalue weighted by Gasteiger charge is 2.15. The van der Waals surface area contributed by atoms with Crippen LogP contribution >= 0.6 is 24.0 Å². The van der Waals surface area contributed by atoms with Crippen LogP contribution in [0.5, 0.6) is 0 Å². The molecule has 21 heavy (non-hydrogen) atoms. The van der Waals surface area contributed by atoms with Crippen molar-refractivity contribution in [3.8, 4) is 0 Å². The summed E-state index contributed by atoms with van der Waals surface area (Å²) >= 11 is 0. The minimum Gasteiger partial charge on any atom is -0.379 e. The number of guanidine groups is 1. The highest BCUT2D eigenvalue weighted by atomic mass is 127. The summed E-state index contributed by atoms with van der Waals surface area (Å²) in [6.07, 6.45) is 5.03. The first-order valence-electron chi connectivity index (χ1n) is 8.23. The zero-order valence-corrected chi connectivity index (χ0v) is 15.7. The molecule has 1 N–H and O–H groups in total. The number of morpholine rings is 1. The molecule has 2 saturated heterocycles. The lowest BCUT2D eigenvalue weighted by Crippen LogP contribution is -2.39. The molecule has 0 bridgehead atoms. The topological polar surface area (TPSA) is 40.1 Å². The van der Waals surface area contributed by atoms with Gasteiger partial charge in [0.2, 0.25) is 0 Å². The monoisotopic (exact) mass is 410 g/mol. The van der Waals surface area contributed by atoms with Gasteiger partial charge in [-0.1, -0.05) is 0 Å². The third-order valence-corrected chi connectivity index (χ3v) is 3.99. The Kier molecular flexibility index (Phi) is 10.4. The number of hydrogen-bond donors (Lipinski definition) is 1. The standard InChI is InChI=1S/C15H30N4O.HI/c1-2-16-15(19-9-5-6-10-19)17-7-3-4-8-18-11-13-20-14-12-18;/h2-14H2,1H3,(H,16,17);1H. The number of nitrogens with zero attached hydrogens (tertiary/aromatic N) is 3. The molecule has 0 unspecified atom stereocenters. The molecule has 0 saturated carbocycles. The van der Waals surface area contributed by atoms with Gasteiger partial charge in [0.15, 0.2) is 5.96 Å². The van der Waals surface area contributed by atoms with Gasteiger partial charge in [-0.05, 0) is 39.2 Å². The van der Waals surface area contributed by atoms with Crippen LogP contribution in [0.15, 0.2) is 4.99 Å². The van der Waals surface area contributed by atoms with Crippen molar-refractivity contribution in [2.24, 2.45) is 4.99 Å². The van der Waals surface area contributed by atoms with Crippen LogP contribution in [-0.4, -0.2) is 74.8 Å². The number of rotatable bonds is 6. The van der Waals surface area contributed by atoms with Crippen molar-refractivity contribution < 1.29 is 4.74 Å². The van der Waals surface area contributed by atoms with Crippen molar-refractivity contribution in [1.29, 1.82) is 0 Å². The fourth-order valence-corrected chi connectivity index (χ4v) is 2.81. The molecule has 0 aromatic carbocycles. The van der Waals surface area contributed by atoms with Gasteiger partial charge >= 0.3 is 0 Å². The molecule has 2 aliphatic rings. The highest BCUT2D eigenvalue weighted by molar-refractivity contribution is 14.0. The van der Waals surface area contributed by atoms with Crippen molar-refractivity contribution >= 4 is 29.9 Å². The molecule has 6 heteroatoms. The van der Waals surface area contributed by atoms with Crippen molar-refractivity contribution in [3.05, 3.63) is 0 Å². The van der Waals surface area contributed by atoms with Crippen LogP contribution in [0.2, 0.25) is 0 Å². The van der Waals surface area contributed by atoms with Crippen LogP contribution in [0, 0.1) is 0 Å². The van der Waals surface area contributed by atoms with Crippen molar-refractivity contribution in [2.45, 2.75) is 32.6 Å². The third-order valence-electron chi connectivity index (χ3n) is 3.99. The predicted molar refractivity (Wildman–Crippen MR) is 98.7 cm³/mol. The van der Waals surface area contributed by atoms with Crippen LogP contribution in [0.3, 0.4) is 0 Å². The summed E-state index contributed by atoms with van der Waals surface area (Å²) in [5, 5.41) is 3.41. The maximum Gasteiger partial charge on any atom is 0.193 e. The maximum absolute atomic E-state index is 5.37. The fourth-order valence-electron chi connectivity index (χ4n) is 2.81. The lowest BCUT2D eigenvalue weighted by molar-refractivity contribution is 0.0373. The van der Waals surface area contributed by atoms with Gasteiger partial charge in [-0.2, -0.15) is 0 Å². The van der Waals surface area contributed by atoms with Gasteiger partial charge in [0.25, 0.3) is 0 Å². The van der Waals surface area contributed by atoms with Gasteiger partial charge in [0.05, 0.1) is 13.2 Å². The molecule has 0 aromatic heterocycles. The zero-order valence-electron chi connectivity index (χ0n) is 13.4. The second-order valence-electron chi connectivity index (χ2n) is 5.59. The molecular weight excluding hydrogens is 379 g/mol. The normalized spacial score (nSPS) is 20.4. The molecule has 0 aromatic rings. The van der Waals surface area contributed by atoms with Crippen LogP contribution in [0.1, 0.15) is 32.6 Å². The van der Waals surface area contributed by atoms with E-state index < -0.39 is 0 Å². The van der Waals surface area contributed by atoms with E-state index in [2.05, 4.69) is 22.0 Å². The van der Waals surface area contributed by atoms with Crippen LogP contribution < -0.4 is 5.32 Å². The second kappa shape index (κ2) is 11.5. The number of unbranched alkanes of at least 4 members (excludes halogenated alkanes) is 1. The van der Waals surface area contributed by atoms with Crippen molar-refractivity contribution in [1.82, 2.24) is 15.1 Å². The van der Waals surface area contributed by atoms with Crippen LogP contribution in [0.4, 0.5) is 0 Å². The largest absolute Gasteiger partial charge is 0.379 e.